The summed E-state index contributed by atoms with van der Waals surface area (Å²) in [6.07, 6.45) is 1.05. The number of aromatic nitrogens is 2. The third-order valence-corrected chi connectivity index (χ3v) is 8.97. The molecule has 4 aromatic carbocycles. The fourth-order valence-electron chi connectivity index (χ4n) is 6.32. The van der Waals surface area contributed by atoms with Gasteiger partial charge in [-0.25, -0.2) is 4.98 Å². The largest absolute Gasteiger partial charge is 0.392 e. The second-order valence-corrected chi connectivity index (χ2v) is 12.2. The summed E-state index contributed by atoms with van der Waals surface area (Å²) in [5, 5.41) is 23.6. The summed E-state index contributed by atoms with van der Waals surface area (Å²) < 4.78 is 13.1. The first kappa shape index (κ1) is 32.3. The van der Waals surface area contributed by atoms with Crippen LogP contribution in [0.25, 0.3) is 11.0 Å². The molecule has 0 saturated carbocycles. The van der Waals surface area contributed by atoms with Crippen LogP contribution in [0.15, 0.2) is 103 Å². The van der Waals surface area contributed by atoms with Crippen molar-refractivity contribution in [2.24, 2.45) is 0 Å². The van der Waals surface area contributed by atoms with Gasteiger partial charge in [0.1, 0.15) is 5.69 Å². The molecule has 0 bridgehead atoms. The lowest BCUT2D eigenvalue weighted by molar-refractivity contribution is -0.384. The number of carbonyl (C=O) groups is 1. The van der Waals surface area contributed by atoms with E-state index in [9.17, 15) is 20.0 Å². The molecule has 0 unspecified atom stereocenters. The van der Waals surface area contributed by atoms with Crippen LogP contribution < -0.4 is 10.2 Å². The van der Waals surface area contributed by atoms with Gasteiger partial charge in [0, 0.05) is 68.2 Å². The van der Waals surface area contributed by atoms with Crippen LogP contribution in [0.4, 0.5) is 17.1 Å². The zero-order valence-electron chi connectivity index (χ0n) is 26.7. The number of benzene rings is 4. The number of para-hydroxylation sites is 2. The van der Waals surface area contributed by atoms with Crippen LogP contribution in [0.1, 0.15) is 46.0 Å². The number of carbonyl (C=O) groups excluding carboxylic acids is 1. The van der Waals surface area contributed by atoms with Crippen LogP contribution in [0, 0.1) is 10.1 Å². The van der Waals surface area contributed by atoms with Crippen molar-refractivity contribution in [1.29, 1.82) is 0 Å². The minimum Gasteiger partial charge on any atom is -0.392 e. The number of anilines is 2. The molecule has 1 amide bonds. The van der Waals surface area contributed by atoms with Crippen molar-refractivity contribution < 1.29 is 24.3 Å². The fourth-order valence-corrected chi connectivity index (χ4v) is 6.32. The van der Waals surface area contributed by atoms with Gasteiger partial charge in [0.15, 0.2) is 6.29 Å². The van der Waals surface area contributed by atoms with Gasteiger partial charge in [-0.15, -0.1) is 0 Å². The normalized spacial score (nSPS) is 19.9. The highest BCUT2D eigenvalue weighted by Crippen LogP contribution is 2.39. The number of ether oxygens (including phenoxy) is 2. The van der Waals surface area contributed by atoms with Gasteiger partial charge in [0.25, 0.3) is 11.6 Å². The summed E-state index contributed by atoms with van der Waals surface area (Å²) in [4.78, 5) is 37.3. The molecule has 2 fully saturated rings. The van der Waals surface area contributed by atoms with Crippen molar-refractivity contribution >= 4 is 34.0 Å². The highest BCUT2D eigenvalue weighted by Gasteiger charge is 2.34. The van der Waals surface area contributed by atoms with Crippen molar-refractivity contribution in [1.82, 2.24) is 14.9 Å². The SMILES string of the molecule is O=C(Nc1cccc([C@H]2O[C@@H](CN3CCN(c4ccc([N+](=O)[O-])cc4)CC3)C[C@@H](c3ccc(CO)cc3)O2)c1)c1cnc2ccccc2n1. The van der Waals surface area contributed by atoms with E-state index in [1.807, 2.05) is 72.8 Å². The Morgan fingerprint density at radius 3 is 2.39 bits per heavy atom. The molecule has 2 aliphatic heterocycles. The predicted octanol–water partition coefficient (Wildman–Crippen LogP) is 5.65. The quantitative estimate of drug-likeness (QED) is 0.150. The summed E-state index contributed by atoms with van der Waals surface area (Å²) in [7, 11) is 0. The van der Waals surface area contributed by atoms with E-state index in [0.29, 0.717) is 29.7 Å². The number of hydrogen-bond acceptors (Lipinski definition) is 10. The number of rotatable bonds is 9. The highest BCUT2D eigenvalue weighted by atomic mass is 16.7. The van der Waals surface area contributed by atoms with Crippen LogP contribution in [0.2, 0.25) is 0 Å². The van der Waals surface area contributed by atoms with Gasteiger partial charge in [-0.05, 0) is 47.5 Å². The van der Waals surface area contributed by atoms with E-state index in [4.69, 9.17) is 9.47 Å². The molecule has 2 N–H and O–H groups in total. The fraction of sp³-hybridized carbons (Fsp3) is 0.270. The number of nitro benzene ring substituents is 1. The number of aliphatic hydroxyl groups is 1. The molecule has 3 heterocycles. The van der Waals surface area contributed by atoms with Gasteiger partial charge >= 0.3 is 0 Å². The lowest BCUT2D eigenvalue weighted by Gasteiger charge is -2.41. The van der Waals surface area contributed by atoms with E-state index in [0.717, 1.165) is 48.6 Å². The molecule has 7 rings (SSSR count). The summed E-state index contributed by atoms with van der Waals surface area (Å²) in [5.74, 6) is -0.367. The third-order valence-electron chi connectivity index (χ3n) is 8.97. The first-order valence-corrected chi connectivity index (χ1v) is 16.3. The number of fused-ring (bicyclic) bond motifs is 1. The molecule has 0 radical (unpaired) electrons. The Bertz CT molecular complexity index is 1930. The molecule has 250 valence electrons. The Labute approximate surface area is 283 Å². The molecule has 2 aliphatic rings. The Balaban J connectivity index is 1.05. The Hall–Kier alpha value is -5.27. The zero-order chi connectivity index (χ0) is 33.7. The third kappa shape index (κ3) is 7.58. The van der Waals surface area contributed by atoms with E-state index in [-0.39, 0.29) is 41.0 Å². The van der Waals surface area contributed by atoms with E-state index < -0.39 is 6.29 Å². The molecule has 2 saturated heterocycles. The van der Waals surface area contributed by atoms with Crippen LogP contribution in [0.3, 0.4) is 0 Å². The maximum absolute atomic E-state index is 13.1. The molecule has 5 aromatic rings. The lowest BCUT2D eigenvalue weighted by atomic mass is 9.99. The molecule has 12 nitrogen and oxygen atoms in total. The van der Waals surface area contributed by atoms with Crippen LogP contribution >= 0.6 is 0 Å². The van der Waals surface area contributed by atoms with Crippen molar-refractivity contribution in [3.05, 3.63) is 136 Å². The van der Waals surface area contributed by atoms with Crippen molar-refractivity contribution in [2.45, 2.75) is 31.5 Å². The van der Waals surface area contributed by atoms with Gasteiger partial charge in [-0.1, -0.05) is 48.5 Å². The smallest absolute Gasteiger partial charge is 0.275 e. The van der Waals surface area contributed by atoms with Crippen molar-refractivity contribution in [3.63, 3.8) is 0 Å². The van der Waals surface area contributed by atoms with Crippen molar-refractivity contribution in [3.8, 4) is 0 Å². The van der Waals surface area contributed by atoms with Crippen LogP contribution in [-0.4, -0.2) is 69.6 Å². The first-order chi connectivity index (χ1) is 23.9. The van der Waals surface area contributed by atoms with Gasteiger partial charge in [-0.2, -0.15) is 0 Å². The number of nitrogens with zero attached hydrogens (tertiary/aromatic N) is 5. The minimum absolute atomic E-state index is 0.0324. The monoisotopic (exact) mass is 660 g/mol. The zero-order valence-corrected chi connectivity index (χ0v) is 26.7. The van der Waals surface area contributed by atoms with Crippen LogP contribution in [-0.2, 0) is 16.1 Å². The van der Waals surface area contributed by atoms with Crippen LogP contribution in [0.5, 0.6) is 0 Å². The first-order valence-electron chi connectivity index (χ1n) is 16.3. The number of nitrogens with one attached hydrogen (secondary N) is 1. The van der Waals surface area contributed by atoms with E-state index in [1.54, 1.807) is 24.3 Å². The van der Waals surface area contributed by atoms with Gasteiger partial charge in [-0.3, -0.25) is 24.8 Å². The van der Waals surface area contributed by atoms with E-state index in [1.165, 1.54) is 6.20 Å². The lowest BCUT2D eigenvalue weighted by Crippen LogP contribution is -2.49. The maximum atomic E-state index is 13.1. The Kier molecular flexibility index (Phi) is 9.53. The van der Waals surface area contributed by atoms with Gasteiger partial charge < -0.3 is 24.8 Å². The van der Waals surface area contributed by atoms with Gasteiger partial charge in [0.05, 0.1) is 41.0 Å². The second-order valence-electron chi connectivity index (χ2n) is 12.2. The number of hydrogen-bond donors (Lipinski definition) is 2. The summed E-state index contributed by atoms with van der Waals surface area (Å²) in [6, 6.07) is 29.3. The average Bonchev–Trinajstić information content (AvgIpc) is 3.15. The molecule has 3 atom stereocenters. The predicted molar refractivity (Wildman–Crippen MR) is 184 cm³/mol. The second kappa shape index (κ2) is 14.5. The number of nitro groups is 1. The maximum Gasteiger partial charge on any atom is 0.275 e. The molecule has 0 aliphatic carbocycles. The number of aliphatic hydroxyl groups excluding tert-OH is 1. The Morgan fingerprint density at radius 1 is 0.898 bits per heavy atom. The van der Waals surface area contributed by atoms with E-state index >= 15 is 0 Å². The van der Waals surface area contributed by atoms with Gasteiger partial charge in [0.2, 0.25) is 0 Å². The number of non-ortho nitro benzene ring substituents is 1. The topological polar surface area (TPSA) is 143 Å². The molecule has 49 heavy (non-hydrogen) atoms. The molecule has 1 aromatic heterocycles. The standard InChI is InChI=1S/C37H36N6O6/c44-24-25-8-10-26(11-9-25)35-21-31(23-41-16-18-42(19-17-41)29-12-14-30(15-13-29)43(46)47)48-37(49-35)27-4-3-5-28(20-27)39-36(45)34-22-38-32-6-1-2-7-33(32)40-34/h1-15,20,22,31,35,37,44H,16-19,21,23-24H2,(H,39,45)/t31-,35+,37+/m1/s1. The molecular formula is C37H36N6O6. The molecule has 0 spiro atoms. The van der Waals surface area contributed by atoms with Crippen molar-refractivity contribution in [2.75, 3.05) is 42.9 Å². The summed E-state index contributed by atoms with van der Waals surface area (Å²) >= 11 is 0. The summed E-state index contributed by atoms with van der Waals surface area (Å²) in [5.41, 5.74) is 5.81. The Morgan fingerprint density at radius 2 is 1.65 bits per heavy atom. The number of amides is 1. The molecular weight excluding hydrogens is 624 g/mol. The molecule has 12 heteroatoms. The highest BCUT2D eigenvalue weighted by molar-refractivity contribution is 6.03. The minimum atomic E-state index is -0.681. The van der Waals surface area contributed by atoms with E-state index in [2.05, 4.69) is 25.1 Å². The summed E-state index contributed by atoms with van der Waals surface area (Å²) in [6.45, 7) is 3.89. The number of piperazine rings is 1. The average molecular weight is 661 g/mol.